The maximum absolute atomic E-state index is 2.40. The molecule has 10 aromatic carbocycles. The molecule has 0 aliphatic rings. The molecule has 0 radical (unpaired) electrons. The number of fused-ring (bicyclic) bond motifs is 6. The van der Waals surface area contributed by atoms with Gasteiger partial charge in [-0.15, -0.1) is 0 Å². The van der Waals surface area contributed by atoms with Gasteiger partial charge in [0.1, 0.15) is 0 Å². The van der Waals surface area contributed by atoms with Gasteiger partial charge in [-0.3, -0.25) is 0 Å². The van der Waals surface area contributed by atoms with Crippen molar-refractivity contribution in [1.82, 2.24) is 0 Å². The molecule has 0 unspecified atom stereocenters. The molecule has 10 aromatic rings. The predicted octanol–water partition coefficient (Wildman–Crippen LogP) is 14.8. The van der Waals surface area contributed by atoms with Crippen molar-refractivity contribution in [2.75, 3.05) is 4.90 Å². The van der Waals surface area contributed by atoms with Crippen molar-refractivity contribution < 1.29 is 0 Å². The van der Waals surface area contributed by atoms with Crippen LogP contribution >= 0.6 is 0 Å². The first-order valence-corrected chi connectivity index (χ1v) is 18.3. The predicted molar refractivity (Wildman–Crippen MR) is 227 cm³/mol. The standard InChI is InChI=1S/C52H35N/c1-3-12-36(13-4-1)40-17-11-18-45(33-40)53(52-21-10-9-20-48(52)37-14-5-2-6-15-37)46-29-26-42-32-41(24-25-43(42)34-46)44-23-22-39-28-30-49-47-19-8-7-16-38(47)27-31-50(49)51(39)35-44/h1-35H. The van der Waals surface area contributed by atoms with Crippen LogP contribution in [0.1, 0.15) is 0 Å². The molecule has 248 valence electrons. The first-order chi connectivity index (χ1) is 26.3. The van der Waals surface area contributed by atoms with Crippen LogP contribution in [0.15, 0.2) is 212 Å². The van der Waals surface area contributed by atoms with E-state index in [0.717, 1.165) is 17.1 Å². The highest BCUT2D eigenvalue weighted by atomic mass is 15.1. The zero-order valence-corrected chi connectivity index (χ0v) is 29.2. The summed E-state index contributed by atoms with van der Waals surface area (Å²) in [7, 11) is 0. The Balaban J connectivity index is 1.09. The highest BCUT2D eigenvalue weighted by Gasteiger charge is 2.18. The molecule has 0 saturated heterocycles. The molecule has 1 nitrogen and oxygen atoms in total. The summed E-state index contributed by atoms with van der Waals surface area (Å²) < 4.78 is 0. The monoisotopic (exact) mass is 673 g/mol. The van der Waals surface area contributed by atoms with Gasteiger partial charge < -0.3 is 4.90 Å². The zero-order valence-electron chi connectivity index (χ0n) is 29.2. The fraction of sp³-hybridized carbons (Fsp3) is 0. The van der Waals surface area contributed by atoms with Crippen molar-refractivity contribution >= 4 is 60.2 Å². The molecule has 53 heavy (non-hydrogen) atoms. The summed E-state index contributed by atoms with van der Waals surface area (Å²) >= 11 is 0. The second-order valence-corrected chi connectivity index (χ2v) is 13.8. The van der Waals surface area contributed by atoms with Gasteiger partial charge in [-0.2, -0.15) is 0 Å². The Morgan fingerprint density at radius 2 is 0.792 bits per heavy atom. The Morgan fingerprint density at radius 1 is 0.245 bits per heavy atom. The van der Waals surface area contributed by atoms with Crippen molar-refractivity contribution in [3.63, 3.8) is 0 Å². The van der Waals surface area contributed by atoms with Gasteiger partial charge in [-0.1, -0.05) is 170 Å². The summed E-state index contributed by atoms with van der Waals surface area (Å²) in [5.74, 6) is 0. The van der Waals surface area contributed by atoms with Crippen molar-refractivity contribution in [3.05, 3.63) is 212 Å². The summed E-state index contributed by atoms with van der Waals surface area (Å²) in [5, 5.41) is 10.1. The van der Waals surface area contributed by atoms with Gasteiger partial charge in [0, 0.05) is 16.9 Å². The maximum Gasteiger partial charge on any atom is 0.0540 e. The third-order valence-electron chi connectivity index (χ3n) is 10.6. The summed E-state index contributed by atoms with van der Waals surface area (Å²) in [6.45, 7) is 0. The first kappa shape index (κ1) is 30.8. The van der Waals surface area contributed by atoms with Crippen LogP contribution in [-0.4, -0.2) is 0 Å². The van der Waals surface area contributed by atoms with Gasteiger partial charge in [0.15, 0.2) is 0 Å². The topological polar surface area (TPSA) is 3.24 Å². The Hall–Kier alpha value is -6.96. The van der Waals surface area contributed by atoms with Crippen LogP contribution < -0.4 is 4.90 Å². The summed E-state index contributed by atoms with van der Waals surface area (Å²) in [6, 6.07) is 77.3. The summed E-state index contributed by atoms with van der Waals surface area (Å²) in [4.78, 5) is 2.40. The second-order valence-electron chi connectivity index (χ2n) is 13.8. The van der Waals surface area contributed by atoms with Gasteiger partial charge in [-0.25, -0.2) is 0 Å². The van der Waals surface area contributed by atoms with E-state index in [-0.39, 0.29) is 0 Å². The lowest BCUT2D eigenvalue weighted by Crippen LogP contribution is -2.11. The fourth-order valence-corrected chi connectivity index (χ4v) is 7.96. The minimum absolute atomic E-state index is 1.11. The summed E-state index contributed by atoms with van der Waals surface area (Å²) in [6.07, 6.45) is 0. The van der Waals surface area contributed by atoms with Crippen LogP contribution in [0.3, 0.4) is 0 Å². The quantitative estimate of drug-likeness (QED) is 0.159. The van der Waals surface area contributed by atoms with E-state index in [0.29, 0.717) is 0 Å². The van der Waals surface area contributed by atoms with Crippen LogP contribution in [-0.2, 0) is 0 Å². The molecular formula is C52H35N. The van der Waals surface area contributed by atoms with Gasteiger partial charge in [0.2, 0.25) is 0 Å². The molecule has 0 aromatic heterocycles. The van der Waals surface area contributed by atoms with Gasteiger partial charge >= 0.3 is 0 Å². The molecule has 0 atom stereocenters. The lowest BCUT2D eigenvalue weighted by molar-refractivity contribution is 1.29. The second kappa shape index (κ2) is 13.0. The average molecular weight is 674 g/mol. The molecule has 0 spiro atoms. The highest BCUT2D eigenvalue weighted by Crippen LogP contribution is 2.43. The van der Waals surface area contributed by atoms with Crippen molar-refractivity contribution in [3.8, 4) is 33.4 Å². The number of benzene rings is 10. The van der Waals surface area contributed by atoms with E-state index >= 15 is 0 Å². The van der Waals surface area contributed by atoms with E-state index in [9.17, 15) is 0 Å². The molecule has 0 N–H and O–H groups in total. The lowest BCUT2D eigenvalue weighted by atomic mass is 9.94. The third-order valence-corrected chi connectivity index (χ3v) is 10.6. The van der Waals surface area contributed by atoms with E-state index in [1.54, 1.807) is 0 Å². The highest BCUT2D eigenvalue weighted by molar-refractivity contribution is 6.17. The zero-order chi connectivity index (χ0) is 35.1. The maximum atomic E-state index is 2.40. The Labute approximate surface area is 309 Å². The van der Waals surface area contributed by atoms with Gasteiger partial charge in [-0.05, 0) is 113 Å². The molecule has 1 heteroatoms. The number of hydrogen-bond acceptors (Lipinski definition) is 1. The molecule has 0 fully saturated rings. The molecule has 10 rings (SSSR count). The average Bonchev–Trinajstić information content (AvgIpc) is 3.24. The number of anilines is 3. The Bertz CT molecular complexity index is 2940. The van der Waals surface area contributed by atoms with Crippen molar-refractivity contribution in [2.45, 2.75) is 0 Å². The van der Waals surface area contributed by atoms with Crippen LogP contribution in [0, 0.1) is 0 Å². The number of rotatable bonds is 6. The van der Waals surface area contributed by atoms with Crippen LogP contribution in [0.4, 0.5) is 17.1 Å². The molecule has 0 aliphatic carbocycles. The number of hydrogen-bond donors (Lipinski definition) is 0. The number of para-hydroxylation sites is 1. The van der Waals surface area contributed by atoms with Crippen LogP contribution in [0.2, 0.25) is 0 Å². The largest absolute Gasteiger partial charge is 0.310 e. The third kappa shape index (κ3) is 5.60. The van der Waals surface area contributed by atoms with Crippen LogP contribution in [0.25, 0.3) is 76.5 Å². The van der Waals surface area contributed by atoms with Gasteiger partial charge in [0.05, 0.1) is 5.69 Å². The van der Waals surface area contributed by atoms with E-state index in [1.807, 2.05) is 0 Å². The normalized spacial score (nSPS) is 11.4. The molecular weight excluding hydrogens is 639 g/mol. The van der Waals surface area contributed by atoms with E-state index in [1.165, 1.54) is 76.5 Å². The molecule has 0 amide bonds. The molecule has 0 aliphatic heterocycles. The van der Waals surface area contributed by atoms with Crippen LogP contribution in [0.5, 0.6) is 0 Å². The van der Waals surface area contributed by atoms with Crippen molar-refractivity contribution in [1.29, 1.82) is 0 Å². The smallest absolute Gasteiger partial charge is 0.0540 e. The minimum atomic E-state index is 1.11. The fourth-order valence-electron chi connectivity index (χ4n) is 7.96. The molecule has 0 saturated carbocycles. The van der Waals surface area contributed by atoms with E-state index in [4.69, 9.17) is 0 Å². The molecule has 0 bridgehead atoms. The van der Waals surface area contributed by atoms with Crippen molar-refractivity contribution in [2.24, 2.45) is 0 Å². The Morgan fingerprint density at radius 3 is 1.62 bits per heavy atom. The van der Waals surface area contributed by atoms with Gasteiger partial charge in [0.25, 0.3) is 0 Å². The SMILES string of the molecule is c1ccc(-c2cccc(N(c3ccc4cc(-c5ccc6ccc7c8ccccc8ccc7c6c5)ccc4c3)c3ccccc3-c3ccccc3)c2)cc1. The lowest BCUT2D eigenvalue weighted by Gasteiger charge is -2.28. The Kier molecular flexibility index (Phi) is 7.55. The van der Waals surface area contributed by atoms with E-state index in [2.05, 4.69) is 217 Å². The van der Waals surface area contributed by atoms with E-state index < -0.39 is 0 Å². The molecule has 0 heterocycles. The summed E-state index contributed by atoms with van der Waals surface area (Å²) in [5.41, 5.74) is 10.6. The minimum Gasteiger partial charge on any atom is -0.310 e. The first-order valence-electron chi connectivity index (χ1n) is 18.3. The number of nitrogens with zero attached hydrogens (tertiary/aromatic N) is 1.